The van der Waals surface area contributed by atoms with Crippen LogP contribution in [-0.2, 0) is 0 Å². The van der Waals surface area contributed by atoms with Gasteiger partial charge in [0.05, 0.1) is 4.87 Å². The van der Waals surface area contributed by atoms with Crippen molar-refractivity contribution in [2.24, 2.45) is 0 Å². The van der Waals surface area contributed by atoms with Gasteiger partial charge in [-0.15, -0.1) is 23.5 Å². The van der Waals surface area contributed by atoms with Crippen molar-refractivity contribution in [3.05, 3.63) is 0 Å². The number of fused-ring (bicyclic) bond motifs is 1. The second-order valence-electron chi connectivity index (χ2n) is 2.98. The van der Waals surface area contributed by atoms with E-state index in [0.29, 0.717) is 4.87 Å². The van der Waals surface area contributed by atoms with Crippen LogP contribution >= 0.6 is 23.5 Å². The lowest BCUT2D eigenvalue weighted by Crippen LogP contribution is -2.50. The van der Waals surface area contributed by atoms with Crippen molar-refractivity contribution >= 4 is 23.5 Å². The molecule has 3 heteroatoms. The van der Waals surface area contributed by atoms with Crippen LogP contribution < -0.4 is 0 Å². The van der Waals surface area contributed by atoms with Crippen molar-refractivity contribution in [2.45, 2.75) is 22.4 Å². The van der Waals surface area contributed by atoms with Crippen molar-refractivity contribution in [3.8, 4) is 0 Å². The molecule has 1 nitrogen and oxygen atoms in total. The molecular weight excluding hydrogens is 150 g/mol. The maximum atomic E-state index is 2.68. The van der Waals surface area contributed by atoms with Gasteiger partial charge >= 0.3 is 0 Å². The van der Waals surface area contributed by atoms with Gasteiger partial charge in [0, 0.05) is 12.3 Å². The lowest BCUT2D eigenvalue weighted by atomic mass is 10.2. The van der Waals surface area contributed by atoms with Crippen LogP contribution in [0, 0.1) is 0 Å². The van der Waals surface area contributed by atoms with E-state index in [9.17, 15) is 0 Å². The van der Waals surface area contributed by atoms with E-state index in [2.05, 4.69) is 28.4 Å². The third-order valence-electron chi connectivity index (χ3n) is 2.52. The Hall–Kier alpha value is 0.660. The van der Waals surface area contributed by atoms with E-state index in [4.69, 9.17) is 0 Å². The quantitative estimate of drug-likeness (QED) is 0.528. The van der Waals surface area contributed by atoms with E-state index < -0.39 is 0 Å². The molecule has 1 spiro atoms. The van der Waals surface area contributed by atoms with Crippen molar-refractivity contribution in [1.82, 2.24) is 4.90 Å². The Morgan fingerprint density at radius 2 is 2.56 bits per heavy atom. The van der Waals surface area contributed by atoms with E-state index in [-0.39, 0.29) is 0 Å². The molecular formula is C6H9NS2. The Morgan fingerprint density at radius 3 is 3.33 bits per heavy atom. The largest absolute Gasteiger partial charge is 0.267 e. The van der Waals surface area contributed by atoms with Crippen LogP contribution in [0.25, 0.3) is 0 Å². The van der Waals surface area contributed by atoms with Gasteiger partial charge in [0.1, 0.15) is 4.71 Å². The Bertz CT molecular complexity index is 152. The summed E-state index contributed by atoms with van der Waals surface area (Å²) in [6, 6.07) is 0. The smallest absolute Gasteiger partial charge is 0.106 e. The summed E-state index contributed by atoms with van der Waals surface area (Å²) in [6.07, 6.45) is 2.91. The predicted octanol–water partition coefficient (Wildman–Crippen LogP) is 1.56. The monoisotopic (exact) mass is 159 g/mol. The van der Waals surface area contributed by atoms with Gasteiger partial charge in [-0.2, -0.15) is 0 Å². The molecule has 0 radical (unpaired) electrons. The predicted molar refractivity (Wildman–Crippen MR) is 42.5 cm³/mol. The standard InChI is InChI=1S/C6H9NS2/c1-2-6-4-8-5(9-6)7(6)3-1/h5H,1-4H2/t5?,6-/m0/s1. The van der Waals surface area contributed by atoms with Crippen molar-refractivity contribution in [3.63, 3.8) is 0 Å². The molecule has 4 fully saturated rings. The van der Waals surface area contributed by atoms with Gasteiger partial charge in [0.15, 0.2) is 0 Å². The summed E-state index contributed by atoms with van der Waals surface area (Å²) in [5.41, 5.74) is 0. The van der Waals surface area contributed by atoms with Gasteiger partial charge in [0.2, 0.25) is 0 Å². The highest BCUT2D eigenvalue weighted by atomic mass is 32.2. The number of nitrogens with zero attached hydrogens (tertiary/aromatic N) is 1. The summed E-state index contributed by atoms with van der Waals surface area (Å²) >= 11 is 4.34. The Balaban J connectivity index is 2.02. The minimum absolute atomic E-state index is 0.662. The van der Waals surface area contributed by atoms with Gasteiger partial charge in [-0.25, -0.2) is 0 Å². The van der Waals surface area contributed by atoms with Crippen LogP contribution in [0.15, 0.2) is 0 Å². The van der Waals surface area contributed by atoms with Gasteiger partial charge in [-0.1, -0.05) is 0 Å². The Kier molecular flexibility index (Phi) is 0.864. The normalized spacial score (nSPS) is 55.3. The third-order valence-corrected chi connectivity index (χ3v) is 6.06. The van der Waals surface area contributed by atoms with Crippen LogP contribution in [0.2, 0.25) is 0 Å². The van der Waals surface area contributed by atoms with Crippen LogP contribution in [0.3, 0.4) is 0 Å². The lowest BCUT2D eigenvalue weighted by molar-refractivity contribution is 0.252. The first kappa shape index (κ1) is 5.33. The van der Waals surface area contributed by atoms with Crippen molar-refractivity contribution in [1.29, 1.82) is 0 Å². The fraction of sp³-hybridized carbons (Fsp3) is 1.00. The number of rotatable bonds is 0. The van der Waals surface area contributed by atoms with E-state index in [1.165, 1.54) is 25.1 Å². The summed E-state index contributed by atoms with van der Waals surface area (Å²) in [4.78, 5) is 3.34. The van der Waals surface area contributed by atoms with Gasteiger partial charge in [0.25, 0.3) is 0 Å². The molecule has 0 aliphatic carbocycles. The highest BCUT2D eigenvalue weighted by Gasteiger charge is 2.60. The van der Waals surface area contributed by atoms with Crippen molar-refractivity contribution in [2.75, 3.05) is 12.3 Å². The van der Waals surface area contributed by atoms with Crippen LogP contribution in [0.4, 0.5) is 0 Å². The molecule has 4 rings (SSSR count). The molecule has 0 N–H and O–H groups in total. The highest BCUT2D eigenvalue weighted by Crippen LogP contribution is 2.65. The molecule has 4 heterocycles. The van der Waals surface area contributed by atoms with Crippen LogP contribution in [0.5, 0.6) is 0 Å². The number of hydrogen-bond acceptors (Lipinski definition) is 3. The fourth-order valence-electron chi connectivity index (χ4n) is 2.01. The molecule has 9 heavy (non-hydrogen) atoms. The van der Waals surface area contributed by atoms with Crippen LogP contribution in [-0.4, -0.2) is 26.8 Å². The fourth-order valence-corrected chi connectivity index (χ4v) is 6.01. The first-order valence-electron chi connectivity index (χ1n) is 3.47. The molecule has 0 saturated carbocycles. The van der Waals surface area contributed by atoms with Gasteiger partial charge < -0.3 is 0 Å². The molecule has 50 valence electrons. The first-order valence-corrected chi connectivity index (χ1v) is 5.40. The minimum atomic E-state index is 0.662. The van der Waals surface area contributed by atoms with Crippen molar-refractivity contribution < 1.29 is 0 Å². The summed E-state index contributed by atoms with van der Waals surface area (Å²) in [6.45, 7) is 1.38. The second kappa shape index (κ2) is 1.46. The second-order valence-corrected chi connectivity index (χ2v) is 5.79. The van der Waals surface area contributed by atoms with E-state index in [0.717, 1.165) is 4.71 Å². The summed E-state index contributed by atoms with van der Waals surface area (Å²) in [5, 5.41) is 0. The molecule has 0 aromatic rings. The van der Waals surface area contributed by atoms with Gasteiger partial charge in [-0.3, -0.25) is 4.90 Å². The van der Waals surface area contributed by atoms with E-state index >= 15 is 0 Å². The summed E-state index contributed by atoms with van der Waals surface area (Å²) in [5.74, 6) is 1.41. The maximum Gasteiger partial charge on any atom is 0.106 e. The highest BCUT2D eigenvalue weighted by molar-refractivity contribution is 8.22. The molecule has 1 unspecified atom stereocenters. The number of hydrogen-bond donors (Lipinski definition) is 0. The van der Waals surface area contributed by atoms with E-state index in [1.54, 1.807) is 0 Å². The average molecular weight is 159 g/mol. The van der Waals surface area contributed by atoms with Crippen LogP contribution in [0.1, 0.15) is 12.8 Å². The lowest BCUT2D eigenvalue weighted by Gasteiger charge is -2.43. The molecule has 0 aromatic carbocycles. The number of thioether (sulfide) groups is 2. The minimum Gasteiger partial charge on any atom is -0.267 e. The molecule has 2 atom stereocenters. The molecule has 2 bridgehead atoms. The maximum absolute atomic E-state index is 2.68. The zero-order chi connectivity index (χ0) is 5.90. The molecule has 0 aromatic heterocycles. The zero-order valence-corrected chi connectivity index (χ0v) is 6.80. The topological polar surface area (TPSA) is 3.24 Å². The first-order chi connectivity index (χ1) is 4.41. The molecule has 4 saturated heterocycles. The molecule has 0 amide bonds. The summed E-state index contributed by atoms with van der Waals surface area (Å²) < 4.78 is 0.868. The van der Waals surface area contributed by atoms with Gasteiger partial charge in [-0.05, 0) is 12.8 Å². The average Bonchev–Trinajstić information content (AvgIpc) is 2.37. The Labute approximate surface area is 63.6 Å². The third kappa shape index (κ3) is 0.468. The van der Waals surface area contributed by atoms with E-state index in [1.807, 2.05) is 0 Å². The molecule has 4 aliphatic heterocycles. The molecule has 4 aliphatic rings. The zero-order valence-electron chi connectivity index (χ0n) is 5.17. The Morgan fingerprint density at radius 1 is 1.56 bits per heavy atom. The SMILES string of the molecule is C1CN2C3SC[C@]2(C1)S3. The summed E-state index contributed by atoms with van der Waals surface area (Å²) in [7, 11) is 0.